The normalized spacial score (nSPS) is 15.9. The molecule has 0 unspecified atom stereocenters. The van der Waals surface area contributed by atoms with E-state index in [9.17, 15) is 13.2 Å². The van der Waals surface area contributed by atoms with E-state index in [2.05, 4.69) is 20.8 Å². The van der Waals surface area contributed by atoms with Gasteiger partial charge in [0.05, 0.1) is 12.0 Å². The van der Waals surface area contributed by atoms with Crippen LogP contribution in [0.3, 0.4) is 0 Å². The Morgan fingerprint density at radius 2 is 1.59 bits per heavy atom. The van der Waals surface area contributed by atoms with Gasteiger partial charge in [0.1, 0.15) is 5.75 Å². The van der Waals surface area contributed by atoms with Crippen molar-refractivity contribution < 1.29 is 17.9 Å². The Kier molecular flexibility index (Phi) is 6.00. The number of sulfonamides is 1. The van der Waals surface area contributed by atoms with E-state index < -0.39 is 10.0 Å². The molecule has 0 N–H and O–H groups in total. The van der Waals surface area contributed by atoms with Crippen LogP contribution in [0, 0.1) is 0 Å². The van der Waals surface area contributed by atoms with Gasteiger partial charge in [-0.3, -0.25) is 4.79 Å². The van der Waals surface area contributed by atoms with Crippen LogP contribution in [0.1, 0.15) is 36.7 Å². The van der Waals surface area contributed by atoms with Crippen molar-refractivity contribution in [2.75, 3.05) is 33.3 Å². The number of hydrogen-bond acceptors (Lipinski definition) is 4. The highest BCUT2D eigenvalue weighted by molar-refractivity contribution is 7.89. The van der Waals surface area contributed by atoms with E-state index >= 15 is 0 Å². The number of carbonyl (C=O) groups excluding carboxylic acids is 1. The lowest BCUT2D eigenvalue weighted by molar-refractivity contribution is 0.0697. The van der Waals surface area contributed by atoms with E-state index in [0.29, 0.717) is 24.4 Å². The third-order valence-electron chi connectivity index (χ3n) is 5.20. The molecule has 1 amide bonds. The number of rotatable bonds is 4. The first-order chi connectivity index (χ1) is 13.6. The molecule has 2 aromatic carbocycles. The van der Waals surface area contributed by atoms with Crippen molar-refractivity contribution in [2.45, 2.75) is 31.1 Å². The summed E-state index contributed by atoms with van der Waals surface area (Å²) in [6.07, 6.45) is 0. The largest absolute Gasteiger partial charge is 0.497 e. The Hall–Kier alpha value is -2.38. The van der Waals surface area contributed by atoms with Crippen molar-refractivity contribution in [1.82, 2.24) is 9.21 Å². The Labute approximate surface area is 173 Å². The Bertz CT molecular complexity index is 971. The summed E-state index contributed by atoms with van der Waals surface area (Å²) >= 11 is 0. The van der Waals surface area contributed by atoms with Crippen molar-refractivity contribution >= 4 is 15.9 Å². The molecule has 0 atom stereocenters. The van der Waals surface area contributed by atoms with Gasteiger partial charge < -0.3 is 9.64 Å². The fourth-order valence-corrected chi connectivity index (χ4v) is 4.77. The molecule has 1 aliphatic rings. The van der Waals surface area contributed by atoms with Gasteiger partial charge in [-0.15, -0.1) is 0 Å². The third-order valence-corrected chi connectivity index (χ3v) is 7.11. The molecule has 7 heteroatoms. The zero-order valence-electron chi connectivity index (χ0n) is 17.4. The molecule has 29 heavy (non-hydrogen) atoms. The second-order valence-electron chi connectivity index (χ2n) is 8.20. The summed E-state index contributed by atoms with van der Waals surface area (Å²) in [5, 5.41) is 0. The maximum atomic E-state index is 13.0. The van der Waals surface area contributed by atoms with Crippen LogP contribution >= 0.6 is 0 Å². The smallest absolute Gasteiger partial charge is 0.254 e. The Morgan fingerprint density at radius 1 is 0.966 bits per heavy atom. The second-order valence-corrected chi connectivity index (χ2v) is 10.1. The van der Waals surface area contributed by atoms with Gasteiger partial charge in [0.2, 0.25) is 10.0 Å². The predicted octanol–water partition coefficient (Wildman–Crippen LogP) is 3.14. The summed E-state index contributed by atoms with van der Waals surface area (Å²) in [4.78, 5) is 14.7. The van der Waals surface area contributed by atoms with Crippen LogP contribution < -0.4 is 4.74 Å². The van der Waals surface area contributed by atoms with E-state index in [1.807, 2.05) is 12.1 Å². The third kappa shape index (κ3) is 4.62. The van der Waals surface area contributed by atoms with E-state index in [1.165, 1.54) is 4.31 Å². The van der Waals surface area contributed by atoms with Gasteiger partial charge in [0.15, 0.2) is 0 Å². The summed E-state index contributed by atoms with van der Waals surface area (Å²) in [5.74, 6) is 0.506. The molecular weight excluding hydrogens is 388 g/mol. The summed E-state index contributed by atoms with van der Waals surface area (Å²) in [5.41, 5.74) is 1.59. The van der Waals surface area contributed by atoms with Gasteiger partial charge in [-0.05, 0) is 41.3 Å². The van der Waals surface area contributed by atoms with Crippen molar-refractivity contribution in [3.05, 3.63) is 59.7 Å². The van der Waals surface area contributed by atoms with Crippen LogP contribution in [0.4, 0.5) is 0 Å². The molecule has 1 fully saturated rings. The average Bonchev–Trinajstić information content (AvgIpc) is 2.73. The molecule has 6 nitrogen and oxygen atoms in total. The predicted molar refractivity (Wildman–Crippen MR) is 113 cm³/mol. The molecular formula is C22H28N2O4S. The molecule has 1 saturated heterocycles. The molecule has 0 spiro atoms. The fourth-order valence-electron chi connectivity index (χ4n) is 3.35. The monoisotopic (exact) mass is 416 g/mol. The molecule has 1 heterocycles. The molecule has 0 bridgehead atoms. The molecule has 0 aliphatic carbocycles. The summed E-state index contributed by atoms with van der Waals surface area (Å²) in [6, 6.07) is 14.1. The van der Waals surface area contributed by atoms with E-state index in [1.54, 1.807) is 48.4 Å². The average molecular weight is 417 g/mol. The topological polar surface area (TPSA) is 66.9 Å². The first-order valence-electron chi connectivity index (χ1n) is 9.67. The van der Waals surface area contributed by atoms with Crippen molar-refractivity contribution in [3.8, 4) is 5.75 Å². The minimum absolute atomic E-state index is 0.0333. The van der Waals surface area contributed by atoms with Crippen molar-refractivity contribution in [3.63, 3.8) is 0 Å². The lowest BCUT2D eigenvalue weighted by Gasteiger charge is -2.34. The molecule has 0 aromatic heterocycles. The number of methoxy groups -OCH3 is 1. The molecule has 1 aliphatic heterocycles. The van der Waals surface area contributed by atoms with Crippen LogP contribution in [0.15, 0.2) is 53.4 Å². The van der Waals surface area contributed by atoms with Crippen molar-refractivity contribution in [2.24, 2.45) is 0 Å². The van der Waals surface area contributed by atoms with Crippen LogP contribution in [-0.2, 0) is 15.4 Å². The molecule has 0 saturated carbocycles. The van der Waals surface area contributed by atoms with Gasteiger partial charge >= 0.3 is 0 Å². The number of ether oxygens (including phenoxy) is 1. The SMILES string of the molecule is COc1cccc(C(=O)N2CCN(S(=O)(=O)c3ccc(C(C)(C)C)cc3)CC2)c1. The number of carbonyl (C=O) groups is 1. The molecule has 156 valence electrons. The van der Waals surface area contributed by atoms with E-state index in [0.717, 1.165) is 5.56 Å². The van der Waals surface area contributed by atoms with Gasteiger partial charge in [-0.2, -0.15) is 4.31 Å². The number of benzene rings is 2. The summed E-state index contributed by atoms with van der Waals surface area (Å²) in [7, 11) is -2.02. The van der Waals surface area contributed by atoms with Gasteiger partial charge in [0, 0.05) is 31.7 Å². The van der Waals surface area contributed by atoms with Gasteiger partial charge in [-0.1, -0.05) is 39.0 Å². The summed E-state index contributed by atoms with van der Waals surface area (Å²) < 4.78 is 32.6. The van der Waals surface area contributed by atoms with E-state index in [4.69, 9.17) is 4.74 Å². The maximum Gasteiger partial charge on any atom is 0.254 e. The minimum Gasteiger partial charge on any atom is -0.497 e. The number of amides is 1. The lowest BCUT2D eigenvalue weighted by Crippen LogP contribution is -2.50. The Balaban J connectivity index is 1.68. The molecule has 0 radical (unpaired) electrons. The van der Waals surface area contributed by atoms with Crippen LogP contribution in [0.25, 0.3) is 0 Å². The van der Waals surface area contributed by atoms with Gasteiger partial charge in [0.25, 0.3) is 5.91 Å². The zero-order chi connectivity index (χ0) is 21.2. The van der Waals surface area contributed by atoms with Crippen LogP contribution in [0.5, 0.6) is 5.75 Å². The quantitative estimate of drug-likeness (QED) is 0.768. The highest BCUT2D eigenvalue weighted by atomic mass is 32.2. The highest BCUT2D eigenvalue weighted by Gasteiger charge is 2.30. The summed E-state index contributed by atoms with van der Waals surface area (Å²) in [6.45, 7) is 7.54. The standard InChI is InChI=1S/C22H28N2O4S/c1-22(2,3)18-8-10-20(11-9-18)29(26,27)24-14-12-23(13-15-24)21(25)17-6-5-7-19(16-17)28-4/h5-11,16H,12-15H2,1-4H3. The van der Waals surface area contributed by atoms with Crippen LogP contribution in [0.2, 0.25) is 0 Å². The number of nitrogens with zero attached hydrogens (tertiary/aromatic N) is 2. The minimum atomic E-state index is -3.57. The van der Waals surface area contributed by atoms with Gasteiger partial charge in [-0.25, -0.2) is 8.42 Å². The first kappa shape index (κ1) is 21.3. The van der Waals surface area contributed by atoms with Crippen molar-refractivity contribution in [1.29, 1.82) is 0 Å². The fraction of sp³-hybridized carbons (Fsp3) is 0.409. The zero-order valence-corrected chi connectivity index (χ0v) is 18.2. The first-order valence-corrected chi connectivity index (χ1v) is 11.1. The highest BCUT2D eigenvalue weighted by Crippen LogP contribution is 2.25. The molecule has 3 rings (SSSR count). The van der Waals surface area contributed by atoms with E-state index in [-0.39, 0.29) is 29.3 Å². The number of hydrogen-bond donors (Lipinski definition) is 0. The number of piperazine rings is 1. The second kappa shape index (κ2) is 8.16. The lowest BCUT2D eigenvalue weighted by atomic mass is 9.87. The Morgan fingerprint density at radius 3 is 2.14 bits per heavy atom. The maximum absolute atomic E-state index is 13.0. The van der Waals surface area contributed by atoms with Crippen LogP contribution in [-0.4, -0.2) is 56.8 Å². The molecule has 2 aromatic rings.